The number of nitrogens with zero attached hydrogens (tertiary/aromatic N) is 1. The van der Waals surface area contributed by atoms with Gasteiger partial charge in [0.2, 0.25) is 0 Å². The highest BCUT2D eigenvalue weighted by Gasteiger charge is 2.19. The molecule has 0 heterocycles. The van der Waals surface area contributed by atoms with E-state index in [0.717, 1.165) is 11.4 Å². The maximum Gasteiger partial charge on any atom is 0.424 e. The molecule has 7 heteroatoms. The van der Waals surface area contributed by atoms with E-state index >= 15 is 0 Å². The topological polar surface area (TPSA) is 81.9 Å². The molecule has 0 aromatic rings. The minimum atomic E-state index is -0.556. The van der Waals surface area contributed by atoms with Crippen LogP contribution in [0, 0.1) is 0 Å². The van der Waals surface area contributed by atoms with Crippen molar-refractivity contribution in [2.75, 3.05) is 12.6 Å². The number of esters is 1. The number of alkyl halides is 1. The van der Waals surface area contributed by atoms with Gasteiger partial charge in [-0.1, -0.05) is 18.0 Å². The standard InChI is InChI=1S/C12H23ClN2O4/c1-12(2,3)19-11(17)15(14)8-6-4-5-7-10(16)18-9-13/h4-9,14H2,1-3H3. The number of carbonyl (C=O) groups excluding carboxylic acids is 2. The molecule has 0 spiro atoms. The first-order valence-corrected chi connectivity index (χ1v) is 6.76. The van der Waals surface area contributed by atoms with Gasteiger partial charge in [0.05, 0.1) is 0 Å². The largest absolute Gasteiger partial charge is 0.449 e. The molecule has 0 aliphatic heterocycles. The van der Waals surface area contributed by atoms with Crippen molar-refractivity contribution in [1.29, 1.82) is 0 Å². The van der Waals surface area contributed by atoms with Crippen LogP contribution >= 0.6 is 11.6 Å². The molecule has 0 rings (SSSR count). The molecule has 0 radical (unpaired) electrons. The molecule has 0 bridgehead atoms. The van der Waals surface area contributed by atoms with Gasteiger partial charge in [-0.3, -0.25) is 4.79 Å². The summed E-state index contributed by atoms with van der Waals surface area (Å²) in [6.45, 7) is 5.73. The van der Waals surface area contributed by atoms with Crippen LogP contribution in [-0.2, 0) is 14.3 Å². The molecule has 0 saturated carbocycles. The van der Waals surface area contributed by atoms with Crippen molar-refractivity contribution in [1.82, 2.24) is 5.01 Å². The summed E-state index contributed by atoms with van der Waals surface area (Å²) in [5.74, 6) is 5.25. The highest BCUT2D eigenvalue weighted by Crippen LogP contribution is 2.09. The van der Waals surface area contributed by atoms with E-state index in [2.05, 4.69) is 4.74 Å². The molecule has 2 N–H and O–H groups in total. The first kappa shape index (κ1) is 18.0. The Labute approximate surface area is 119 Å². The first-order valence-electron chi connectivity index (χ1n) is 6.23. The first-order chi connectivity index (χ1) is 8.76. The molecular formula is C12H23ClN2O4. The zero-order valence-corrected chi connectivity index (χ0v) is 12.5. The third-order valence-electron chi connectivity index (χ3n) is 2.12. The maximum atomic E-state index is 11.5. The lowest BCUT2D eigenvalue weighted by atomic mass is 10.2. The lowest BCUT2D eigenvalue weighted by molar-refractivity contribution is -0.141. The number of rotatable bonds is 7. The Bertz CT molecular complexity index is 292. The van der Waals surface area contributed by atoms with E-state index in [9.17, 15) is 9.59 Å². The van der Waals surface area contributed by atoms with Crippen LogP contribution in [0.2, 0.25) is 0 Å². The Morgan fingerprint density at radius 3 is 2.37 bits per heavy atom. The fraction of sp³-hybridized carbons (Fsp3) is 0.833. The fourth-order valence-electron chi connectivity index (χ4n) is 1.27. The molecule has 0 aromatic carbocycles. The van der Waals surface area contributed by atoms with Crippen molar-refractivity contribution in [3.8, 4) is 0 Å². The smallest absolute Gasteiger partial charge is 0.424 e. The average Bonchev–Trinajstić information content (AvgIpc) is 2.26. The van der Waals surface area contributed by atoms with E-state index < -0.39 is 11.7 Å². The summed E-state index contributed by atoms with van der Waals surface area (Å²) in [6.07, 6.45) is 1.92. The summed E-state index contributed by atoms with van der Waals surface area (Å²) in [7, 11) is 0. The Balaban J connectivity index is 3.66. The molecule has 0 aromatic heterocycles. The van der Waals surface area contributed by atoms with Crippen LogP contribution in [0.15, 0.2) is 0 Å². The molecule has 6 nitrogen and oxygen atoms in total. The van der Waals surface area contributed by atoms with Gasteiger partial charge >= 0.3 is 12.1 Å². The predicted molar refractivity (Wildman–Crippen MR) is 72.4 cm³/mol. The zero-order chi connectivity index (χ0) is 14.9. The third-order valence-corrected chi connectivity index (χ3v) is 2.23. The maximum absolute atomic E-state index is 11.5. The number of hydrazine groups is 1. The Morgan fingerprint density at radius 2 is 1.84 bits per heavy atom. The van der Waals surface area contributed by atoms with Crippen LogP contribution in [0.5, 0.6) is 0 Å². The van der Waals surface area contributed by atoms with Crippen LogP contribution in [-0.4, -0.2) is 35.3 Å². The molecule has 0 atom stereocenters. The number of unbranched alkanes of at least 4 members (excludes halogenated alkanes) is 2. The quantitative estimate of drug-likeness (QED) is 0.195. The normalized spacial score (nSPS) is 11.0. The monoisotopic (exact) mass is 294 g/mol. The SMILES string of the molecule is CC(C)(C)OC(=O)N(N)CCCCCC(=O)OCCl. The van der Waals surface area contributed by atoms with Crippen LogP contribution < -0.4 is 5.84 Å². The second-order valence-electron chi connectivity index (χ2n) is 5.11. The van der Waals surface area contributed by atoms with Crippen molar-refractivity contribution in [2.45, 2.75) is 52.1 Å². The van der Waals surface area contributed by atoms with Crippen LogP contribution in [0.25, 0.3) is 0 Å². The highest BCUT2D eigenvalue weighted by molar-refractivity contribution is 6.17. The minimum absolute atomic E-state index is 0.117. The number of hydrogen-bond acceptors (Lipinski definition) is 5. The molecule has 19 heavy (non-hydrogen) atoms. The second kappa shape index (κ2) is 8.98. The Morgan fingerprint density at radius 1 is 1.21 bits per heavy atom. The summed E-state index contributed by atoms with van der Waals surface area (Å²) in [4.78, 5) is 22.5. The number of hydrogen-bond donors (Lipinski definition) is 1. The van der Waals surface area contributed by atoms with Crippen molar-refractivity contribution in [3.63, 3.8) is 0 Å². The second-order valence-corrected chi connectivity index (χ2v) is 5.33. The summed E-state index contributed by atoms with van der Waals surface area (Å²) in [5, 5.41) is 1.04. The van der Waals surface area contributed by atoms with Gasteiger partial charge in [-0.2, -0.15) is 0 Å². The number of halogens is 1. The number of amides is 1. The average molecular weight is 295 g/mol. The van der Waals surface area contributed by atoms with Gasteiger partial charge in [0.25, 0.3) is 0 Å². The fourth-order valence-corrected chi connectivity index (χ4v) is 1.39. The molecule has 0 fully saturated rings. The van der Waals surface area contributed by atoms with Gasteiger partial charge in [0.15, 0.2) is 6.07 Å². The lowest BCUT2D eigenvalue weighted by Crippen LogP contribution is -2.42. The van der Waals surface area contributed by atoms with Crippen molar-refractivity contribution >= 4 is 23.7 Å². The third kappa shape index (κ3) is 10.6. The van der Waals surface area contributed by atoms with Gasteiger partial charge in [-0.15, -0.1) is 0 Å². The molecule has 112 valence electrons. The Hall–Kier alpha value is -1.01. The van der Waals surface area contributed by atoms with E-state index in [1.807, 2.05) is 0 Å². The van der Waals surface area contributed by atoms with Gasteiger partial charge in [-0.05, 0) is 33.6 Å². The molecule has 0 aliphatic rings. The molecule has 0 aliphatic carbocycles. The molecule has 0 saturated heterocycles. The predicted octanol–water partition coefficient (Wildman–Crippen LogP) is 2.40. The number of carbonyl (C=O) groups is 2. The summed E-state index contributed by atoms with van der Waals surface area (Å²) >= 11 is 5.25. The van der Waals surface area contributed by atoms with E-state index in [1.165, 1.54) is 0 Å². The van der Waals surface area contributed by atoms with E-state index in [0.29, 0.717) is 25.8 Å². The van der Waals surface area contributed by atoms with E-state index in [-0.39, 0.29) is 12.0 Å². The van der Waals surface area contributed by atoms with Crippen LogP contribution in [0.4, 0.5) is 4.79 Å². The minimum Gasteiger partial charge on any atom is -0.449 e. The zero-order valence-electron chi connectivity index (χ0n) is 11.8. The lowest BCUT2D eigenvalue weighted by Gasteiger charge is -2.24. The van der Waals surface area contributed by atoms with E-state index in [4.69, 9.17) is 22.2 Å². The number of nitrogens with two attached hydrogens (primary N) is 1. The van der Waals surface area contributed by atoms with E-state index in [1.54, 1.807) is 20.8 Å². The Kier molecular flexibility index (Phi) is 8.51. The molecule has 1 amide bonds. The van der Waals surface area contributed by atoms with Gasteiger partial charge in [0, 0.05) is 13.0 Å². The summed E-state index contributed by atoms with van der Waals surface area (Å²) in [6, 6.07) is -0.117. The number of ether oxygens (including phenoxy) is 2. The van der Waals surface area contributed by atoms with Crippen LogP contribution in [0.1, 0.15) is 46.5 Å². The van der Waals surface area contributed by atoms with Gasteiger partial charge < -0.3 is 9.47 Å². The van der Waals surface area contributed by atoms with Crippen molar-refractivity contribution in [2.24, 2.45) is 5.84 Å². The summed E-state index contributed by atoms with van der Waals surface area (Å²) < 4.78 is 9.68. The molecular weight excluding hydrogens is 272 g/mol. The van der Waals surface area contributed by atoms with Crippen molar-refractivity contribution < 1.29 is 19.1 Å². The van der Waals surface area contributed by atoms with Crippen LogP contribution in [0.3, 0.4) is 0 Å². The van der Waals surface area contributed by atoms with Gasteiger partial charge in [0.1, 0.15) is 5.60 Å². The molecule has 0 unspecified atom stereocenters. The summed E-state index contributed by atoms with van der Waals surface area (Å²) in [5.41, 5.74) is -0.556. The van der Waals surface area contributed by atoms with Crippen molar-refractivity contribution in [3.05, 3.63) is 0 Å². The highest BCUT2D eigenvalue weighted by atomic mass is 35.5. The van der Waals surface area contributed by atoms with Gasteiger partial charge in [-0.25, -0.2) is 15.6 Å².